The van der Waals surface area contributed by atoms with Gasteiger partial charge in [0.2, 0.25) is 0 Å². The SMILES string of the molecule is Cl.O.O.O.O.O.O=S(=O)(O)CCCSSCCCS(=O)(=O)O.O=S(=O)([O-])[O-].O=S(=O)([O-])[O-].[Br-].[Cu+2].[Na+].[Na+].[Na+]. The van der Waals surface area contributed by atoms with Crippen LogP contribution < -0.4 is 106 Å². The Labute approximate surface area is 317 Å². The average Bonchev–Trinajstić information content (AvgIpc) is 2.25. The molecule has 0 unspecified atom stereocenters. The molecule has 227 valence electrons. The molecule has 0 atom stereocenters. The first-order valence-corrected chi connectivity index (χ1v) is 14.1. The molecule has 0 bridgehead atoms. The molecular weight excluding hydrogens is 816 g/mol. The summed E-state index contributed by atoms with van der Waals surface area (Å²) in [7, 11) is -15.3. The molecular formula is C6H25BrClCuNa3O19S6. The third kappa shape index (κ3) is 197. The fourth-order valence-corrected chi connectivity index (χ4v) is 4.28. The summed E-state index contributed by atoms with van der Waals surface area (Å²) < 4.78 is 126. The molecule has 0 aliphatic carbocycles. The van der Waals surface area contributed by atoms with Gasteiger partial charge in [-0.25, -0.2) is 0 Å². The number of halogens is 2. The maximum absolute atomic E-state index is 10.3. The quantitative estimate of drug-likeness (QED) is 0.0715. The molecule has 0 saturated heterocycles. The molecule has 31 heteroatoms. The molecule has 0 aliphatic rings. The molecule has 0 aromatic carbocycles. The van der Waals surface area contributed by atoms with Crippen LogP contribution >= 0.6 is 34.0 Å². The van der Waals surface area contributed by atoms with Crippen molar-refractivity contribution in [2.45, 2.75) is 12.8 Å². The maximum atomic E-state index is 10.3. The second-order valence-corrected chi connectivity index (χ2v) is 11.2. The topological polar surface area (TPSA) is 427 Å². The smallest absolute Gasteiger partial charge is 1.00 e. The molecule has 0 rings (SSSR count). The molecule has 19 nitrogen and oxygen atoms in total. The predicted molar refractivity (Wildman–Crippen MR) is 113 cm³/mol. The summed E-state index contributed by atoms with van der Waals surface area (Å²) in [6, 6.07) is 0. The Morgan fingerprint density at radius 2 is 0.676 bits per heavy atom. The summed E-state index contributed by atoms with van der Waals surface area (Å²) in [5.41, 5.74) is 0. The van der Waals surface area contributed by atoms with Crippen LogP contribution in [-0.2, 0) is 58.1 Å². The zero-order valence-electron chi connectivity index (χ0n) is 19.1. The zero-order valence-corrected chi connectivity index (χ0v) is 33.3. The van der Waals surface area contributed by atoms with Crippen molar-refractivity contribution in [2.75, 3.05) is 23.0 Å². The first kappa shape index (κ1) is 90.0. The largest absolute Gasteiger partial charge is 2.00 e. The minimum Gasteiger partial charge on any atom is -1.00 e. The maximum Gasteiger partial charge on any atom is 2.00 e. The zero-order chi connectivity index (χ0) is 21.7. The van der Waals surface area contributed by atoms with Crippen LogP contribution in [0.25, 0.3) is 0 Å². The van der Waals surface area contributed by atoms with Crippen molar-refractivity contribution in [1.29, 1.82) is 0 Å². The molecule has 37 heavy (non-hydrogen) atoms. The van der Waals surface area contributed by atoms with Gasteiger partial charge in [-0.3, -0.25) is 25.9 Å². The van der Waals surface area contributed by atoms with Crippen LogP contribution in [0.15, 0.2) is 0 Å². The Balaban J connectivity index is -0.0000000185. The van der Waals surface area contributed by atoms with Crippen molar-refractivity contribution in [3.05, 3.63) is 0 Å². The summed E-state index contributed by atoms with van der Waals surface area (Å²) in [5, 5.41) is 0. The molecule has 12 N–H and O–H groups in total. The van der Waals surface area contributed by atoms with E-state index in [1.54, 1.807) is 0 Å². The van der Waals surface area contributed by atoms with E-state index in [9.17, 15) is 16.8 Å². The van der Waals surface area contributed by atoms with Gasteiger partial charge in [-0.15, -0.1) is 12.4 Å². The van der Waals surface area contributed by atoms with Crippen molar-refractivity contribution in [1.82, 2.24) is 0 Å². The van der Waals surface area contributed by atoms with E-state index >= 15 is 0 Å². The van der Waals surface area contributed by atoms with Crippen molar-refractivity contribution in [2.24, 2.45) is 0 Å². The van der Waals surface area contributed by atoms with Gasteiger partial charge in [-0.2, -0.15) is 16.8 Å². The van der Waals surface area contributed by atoms with Crippen molar-refractivity contribution in [3.63, 3.8) is 0 Å². The van der Waals surface area contributed by atoms with Crippen LogP contribution in [0, 0.1) is 0 Å². The van der Waals surface area contributed by atoms with Gasteiger partial charge in [-0.05, 0) is 12.8 Å². The summed E-state index contributed by atoms with van der Waals surface area (Å²) in [4.78, 5) is 0. The van der Waals surface area contributed by atoms with Crippen LogP contribution in [0.3, 0.4) is 0 Å². The van der Waals surface area contributed by atoms with Crippen molar-refractivity contribution in [3.8, 4) is 0 Å². The monoisotopic (exact) mass is 839 g/mol. The first-order valence-electron chi connectivity index (χ1n) is 5.69. The third-order valence-electron chi connectivity index (χ3n) is 1.34. The third-order valence-corrected chi connectivity index (χ3v) is 5.53. The minimum atomic E-state index is -5.17. The normalized spacial score (nSPS) is 8.70. The van der Waals surface area contributed by atoms with Gasteiger partial charge in [0.1, 0.15) is 0 Å². The average molecular weight is 842 g/mol. The van der Waals surface area contributed by atoms with E-state index in [1.807, 2.05) is 0 Å². The van der Waals surface area contributed by atoms with Gasteiger partial charge in [0.15, 0.2) is 0 Å². The number of hydrogen-bond acceptors (Lipinski definition) is 14. The van der Waals surface area contributed by atoms with Crippen LogP contribution in [0.1, 0.15) is 12.8 Å². The Bertz CT molecular complexity index is 716. The second-order valence-electron chi connectivity index (χ2n) is 3.74. The Morgan fingerprint density at radius 1 is 0.541 bits per heavy atom. The van der Waals surface area contributed by atoms with Crippen LogP contribution in [-0.4, -0.2) is 111 Å². The van der Waals surface area contributed by atoms with Gasteiger partial charge in [-0.1, -0.05) is 21.6 Å². The Kier molecular flexibility index (Phi) is 115. The van der Waals surface area contributed by atoms with Gasteiger partial charge >= 0.3 is 106 Å². The summed E-state index contributed by atoms with van der Waals surface area (Å²) >= 11 is 0. The molecule has 0 heterocycles. The molecule has 0 aromatic heterocycles. The second kappa shape index (κ2) is 47.3. The standard InChI is InChI=1S/C6H14O6S4.BrH.ClH.Cu.3Na.2H2O4S.5H2O/c7-15(8,9)5-1-3-13-14-4-2-6-16(10,11)12;;;;;;;2*1-5(2,3)4;;;;;/h1-6H2,(H,7,8,9)(H,10,11,12);2*1H;;;;;2*(H2,1,2,3,4);5*1H2/q;;;+2;3*+1;;;;;;;/p-5. The van der Waals surface area contributed by atoms with Crippen LogP contribution in [0.2, 0.25) is 0 Å². The van der Waals surface area contributed by atoms with Gasteiger partial charge in [0.05, 0.1) is 11.5 Å². The van der Waals surface area contributed by atoms with E-state index in [1.165, 1.54) is 21.6 Å². The summed E-state index contributed by atoms with van der Waals surface area (Å²) in [6.07, 6.45) is 0.712. The van der Waals surface area contributed by atoms with E-state index < -0.39 is 41.0 Å². The summed E-state index contributed by atoms with van der Waals surface area (Å²) in [5.74, 6) is 0.615. The van der Waals surface area contributed by atoms with E-state index in [2.05, 4.69) is 0 Å². The fourth-order valence-electron chi connectivity index (χ4n) is 0.718. The van der Waals surface area contributed by atoms with Gasteiger partial charge in [0, 0.05) is 32.3 Å². The molecule has 0 fully saturated rings. The van der Waals surface area contributed by atoms with Crippen molar-refractivity contribution >= 4 is 75.0 Å². The van der Waals surface area contributed by atoms with Crippen LogP contribution in [0.5, 0.6) is 0 Å². The van der Waals surface area contributed by atoms with E-state index in [-0.39, 0.29) is 174 Å². The van der Waals surface area contributed by atoms with E-state index in [4.69, 9.17) is 44.2 Å². The molecule has 0 aromatic rings. The first-order chi connectivity index (χ1) is 11.2. The van der Waals surface area contributed by atoms with E-state index in [0.717, 1.165) is 0 Å². The Hall–Kier alpha value is 4.35. The molecule has 0 amide bonds. The summed E-state index contributed by atoms with van der Waals surface area (Å²) in [6.45, 7) is 0. The van der Waals surface area contributed by atoms with Gasteiger partial charge < -0.3 is 62.6 Å². The molecule has 1 radical (unpaired) electrons. The fraction of sp³-hybridized carbons (Fsp3) is 1.00. The van der Waals surface area contributed by atoms with Gasteiger partial charge in [0.25, 0.3) is 20.2 Å². The number of rotatable bonds is 9. The molecule has 0 saturated carbocycles. The molecule has 0 spiro atoms. The minimum absolute atomic E-state index is 0. The van der Waals surface area contributed by atoms with E-state index in [0.29, 0.717) is 24.3 Å². The van der Waals surface area contributed by atoms with Crippen LogP contribution in [0.4, 0.5) is 0 Å². The predicted octanol–water partition coefficient (Wildman–Crippen LogP) is -17.4. The number of hydrogen-bond donors (Lipinski definition) is 2. The van der Waals surface area contributed by atoms with Crippen molar-refractivity contribution < 1.29 is 211 Å². The Morgan fingerprint density at radius 3 is 0.784 bits per heavy atom. The molecule has 0 aliphatic heterocycles.